The zero-order chi connectivity index (χ0) is 13.8. The molecule has 4 heteroatoms. The number of nitrogens with one attached hydrogen (secondary N) is 1. The molecule has 1 aromatic carbocycles. The fourth-order valence-electron chi connectivity index (χ4n) is 2.06. The Balaban J connectivity index is 2.39. The molecule has 1 N–H and O–H groups in total. The Bertz CT molecular complexity index is 572. The number of hydrogen-bond acceptors (Lipinski definition) is 3. The van der Waals surface area contributed by atoms with Crippen LogP contribution in [0.1, 0.15) is 22.9 Å². The molecule has 1 aromatic heterocycles. The van der Waals surface area contributed by atoms with Gasteiger partial charge in [-0.05, 0) is 49.4 Å². The van der Waals surface area contributed by atoms with Gasteiger partial charge in [0, 0.05) is 6.20 Å². The summed E-state index contributed by atoms with van der Waals surface area (Å²) in [6, 6.07) is 8.73. The molecule has 2 aromatic rings. The van der Waals surface area contributed by atoms with Crippen molar-refractivity contribution in [2.75, 3.05) is 14.2 Å². The first-order valence-corrected chi connectivity index (χ1v) is 6.09. The highest BCUT2D eigenvalue weighted by Crippen LogP contribution is 2.25. The Morgan fingerprint density at radius 2 is 2.05 bits per heavy atom. The molecule has 0 bridgehead atoms. The molecule has 19 heavy (non-hydrogen) atoms. The van der Waals surface area contributed by atoms with Crippen LogP contribution in [0.2, 0.25) is 0 Å². The van der Waals surface area contributed by atoms with Crippen LogP contribution in [-0.4, -0.2) is 19.1 Å². The normalized spacial score (nSPS) is 12.2. The second kappa shape index (κ2) is 5.80. The van der Waals surface area contributed by atoms with Crippen molar-refractivity contribution in [1.82, 2.24) is 10.3 Å². The fraction of sp³-hybridized carbons (Fsp3) is 0.267. The van der Waals surface area contributed by atoms with E-state index >= 15 is 0 Å². The topological polar surface area (TPSA) is 34.1 Å². The van der Waals surface area contributed by atoms with Crippen LogP contribution in [-0.2, 0) is 0 Å². The number of halogens is 1. The van der Waals surface area contributed by atoms with Crippen molar-refractivity contribution in [2.45, 2.75) is 13.0 Å². The zero-order valence-corrected chi connectivity index (χ0v) is 11.3. The maximum atomic E-state index is 13.8. The van der Waals surface area contributed by atoms with Crippen molar-refractivity contribution in [2.24, 2.45) is 0 Å². The number of rotatable bonds is 4. The lowest BCUT2D eigenvalue weighted by Crippen LogP contribution is -2.19. The SMILES string of the molecule is CNC(c1ccc(OC)c(F)c1)c1cc(C)ccn1. The molecule has 1 atom stereocenters. The second-order valence-electron chi connectivity index (χ2n) is 4.37. The Kier molecular flexibility index (Phi) is 4.12. The van der Waals surface area contributed by atoms with Crippen LogP contribution in [0, 0.1) is 12.7 Å². The van der Waals surface area contributed by atoms with Gasteiger partial charge in [-0.1, -0.05) is 6.07 Å². The molecule has 0 saturated carbocycles. The highest BCUT2D eigenvalue weighted by molar-refractivity contribution is 5.35. The van der Waals surface area contributed by atoms with Crippen LogP contribution in [0.25, 0.3) is 0 Å². The molecule has 100 valence electrons. The van der Waals surface area contributed by atoms with Crippen molar-refractivity contribution in [3.05, 3.63) is 59.2 Å². The highest BCUT2D eigenvalue weighted by atomic mass is 19.1. The van der Waals surface area contributed by atoms with Gasteiger partial charge in [0.2, 0.25) is 0 Å². The smallest absolute Gasteiger partial charge is 0.165 e. The minimum atomic E-state index is -0.368. The van der Waals surface area contributed by atoms with E-state index in [-0.39, 0.29) is 17.6 Å². The highest BCUT2D eigenvalue weighted by Gasteiger charge is 2.15. The molecule has 0 fully saturated rings. The van der Waals surface area contributed by atoms with E-state index in [1.54, 1.807) is 12.3 Å². The molecule has 1 heterocycles. The minimum Gasteiger partial charge on any atom is -0.494 e. The molecule has 0 aliphatic heterocycles. The fourth-order valence-corrected chi connectivity index (χ4v) is 2.06. The summed E-state index contributed by atoms with van der Waals surface area (Å²) in [7, 11) is 3.28. The molecule has 1 unspecified atom stereocenters. The van der Waals surface area contributed by atoms with Gasteiger partial charge in [-0.15, -0.1) is 0 Å². The van der Waals surface area contributed by atoms with Gasteiger partial charge in [-0.3, -0.25) is 4.98 Å². The van der Waals surface area contributed by atoms with E-state index in [9.17, 15) is 4.39 Å². The lowest BCUT2D eigenvalue weighted by Gasteiger charge is -2.17. The number of aromatic nitrogens is 1. The molecule has 0 aliphatic carbocycles. The van der Waals surface area contributed by atoms with Gasteiger partial charge in [0.15, 0.2) is 11.6 Å². The van der Waals surface area contributed by atoms with Crippen molar-refractivity contribution in [3.8, 4) is 5.75 Å². The number of ether oxygens (including phenoxy) is 1. The number of nitrogens with zero attached hydrogens (tertiary/aromatic N) is 1. The van der Waals surface area contributed by atoms with Crippen molar-refractivity contribution >= 4 is 0 Å². The third-order valence-corrected chi connectivity index (χ3v) is 3.03. The number of methoxy groups -OCH3 is 1. The first-order valence-electron chi connectivity index (χ1n) is 6.09. The summed E-state index contributed by atoms with van der Waals surface area (Å²) >= 11 is 0. The summed E-state index contributed by atoms with van der Waals surface area (Å²) in [5.41, 5.74) is 2.81. The largest absolute Gasteiger partial charge is 0.494 e. The Morgan fingerprint density at radius 1 is 1.26 bits per heavy atom. The van der Waals surface area contributed by atoms with Gasteiger partial charge in [-0.2, -0.15) is 0 Å². The Labute approximate surface area is 112 Å². The molecular weight excluding hydrogens is 243 g/mol. The lowest BCUT2D eigenvalue weighted by atomic mass is 10.0. The van der Waals surface area contributed by atoms with E-state index in [1.807, 2.05) is 32.2 Å². The van der Waals surface area contributed by atoms with Crippen LogP contribution < -0.4 is 10.1 Å². The Morgan fingerprint density at radius 3 is 2.63 bits per heavy atom. The summed E-state index contributed by atoms with van der Waals surface area (Å²) in [6.07, 6.45) is 1.76. The van der Waals surface area contributed by atoms with Gasteiger partial charge in [0.1, 0.15) is 0 Å². The van der Waals surface area contributed by atoms with Gasteiger partial charge in [0.25, 0.3) is 0 Å². The molecule has 2 rings (SSSR count). The molecule has 3 nitrogen and oxygen atoms in total. The van der Waals surface area contributed by atoms with Gasteiger partial charge in [0.05, 0.1) is 18.8 Å². The summed E-state index contributed by atoms with van der Waals surface area (Å²) in [6.45, 7) is 2.01. The molecule has 0 radical (unpaired) electrons. The molecule has 0 amide bonds. The number of aryl methyl sites for hydroxylation is 1. The molecule has 0 aliphatic rings. The predicted octanol–water partition coefficient (Wildman–Crippen LogP) is 2.85. The van der Waals surface area contributed by atoms with Crippen LogP contribution >= 0.6 is 0 Å². The third kappa shape index (κ3) is 2.90. The van der Waals surface area contributed by atoms with E-state index < -0.39 is 0 Å². The quantitative estimate of drug-likeness (QED) is 0.918. The Hall–Kier alpha value is -1.94. The standard InChI is InChI=1S/C15H17FN2O/c1-10-6-7-18-13(8-10)15(17-2)11-4-5-14(19-3)12(16)9-11/h4-9,15,17H,1-3H3. The van der Waals surface area contributed by atoms with Crippen molar-refractivity contribution in [1.29, 1.82) is 0 Å². The summed E-state index contributed by atoms with van der Waals surface area (Å²) < 4.78 is 18.7. The molecule has 0 spiro atoms. The van der Waals surface area contributed by atoms with E-state index in [0.717, 1.165) is 16.8 Å². The number of benzene rings is 1. The average Bonchev–Trinajstić information content (AvgIpc) is 2.40. The van der Waals surface area contributed by atoms with Crippen LogP contribution in [0.3, 0.4) is 0 Å². The molecule has 0 saturated heterocycles. The number of hydrogen-bond donors (Lipinski definition) is 1. The summed E-state index contributed by atoms with van der Waals surface area (Å²) in [4.78, 5) is 4.34. The minimum absolute atomic E-state index is 0.139. The predicted molar refractivity (Wildman–Crippen MR) is 72.8 cm³/mol. The van der Waals surface area contributed by atoms with Crippen LogP contribution in [0.4, 0.5) is 4.39 Å². The van der Waals surface area contributed by atoms with Crippen molar-refractivity contribution < 1.29 is 9.13 Å². The lowest BCUT2D eigenvalue weighted by molar-refractivity contribution is 0.386. The van der Waals surface area contributed by atoms with Gasteiger partial charge in [-0.25, -0.2) is 4.39 Å². The van der Waals surface area contributed by atoms with Gasteiger partial charge < -0.3 is 10.1 Å². The second-order valence-corrected chi connectivity index (χ2v) is 4.37. The maximum Gasteiger partial charge on any atom is 0.165 e. The monoisotopic (exact) mass is 260 g/mol. The first-order chi connectivity index (χ1) is 9.15. The summed E-state index contributed by atoms with van der Waals surface area (Å²) in [5, 5.41) is 3.16. The van der Waals surface area contributed by atoms with Crippen molar-refractivity contribution in [3.63, 3.8) is 0 Å². The zero-order valence-electron chi connectivity index (χ0n) is 11.3. The third-order valence-electron chi connectivity index (χ3n) is 3.03. The van der Waals surface area contributed by atoms with E-state index in [2.05, 4.69) is 10.3 Å². The average molecular weight is 260 g/mol. The van der Waals surface area contributed by atoms with E-state index in [0.29, 0.717) is 0 Å². The van der Waals surface area contributed by atoms with Gasteiger partial charge >= 0.3 is 0 Å². The number of pyridine rings is 1. The molecular formula is C15H17FN2O. The van der Waals surface area contributed by atoms with E-state index in [1.165, 1.54) is 13.2 Å². The maximum absolute atomic E-state index is 13.8. The summed E-state index contributed by atoms with van der Waals surface area (Å²) in [5.74, 6) is -0.122. The van der Waals surface area contributed by atoms with Crippen LogP contribution in [0.5, 0.6) is 5.75 Å². The first kappa shape index (κ1) is 13.5. The van der Waals surface area contributed by atoms with E-state index in [4.69, 9.17) is 4.74 Å². The van der Waals surface area contributed by atoms with Crippen LogP contribution in [0.15, 0.2) is 36.5 Å².